The molecule has 21 heavy (non-hydrogen) atoms. The zero-order valence-electron chi connectivity index (χ0n) is 11.4. The zero-order chi connectivity index (χ0) is 15.5. The molecule has 0 heterocycles. The molecular weight excluding hydrogens is 278 g/mol. The van der Waals surface area contributed by atoms with Gasteiger partial charge in [0.1, 0.15) is 12.2 Å². The van der Waals surface area contributed by atoms with E-state index in [1.54, 1.807) is 0 Å². The van der Waals surface area contributed by atoms with E-state index in [2.05, 4.69) is 0 Å². The van der Waals surface area contributed by atoms with Crippen molar-refractivity contribution in [3.05, 3.63) is 33.9 Å². The van der Waals surface area contributed by atoms with Crippen LogP contribution < -0.4 is 4.74 Å². The lowest BCUT2D eigenvalue weighted by molar-refractivity contribution is -0.386. The Morgan fingerprint density at radius 3 is 2.57 bits per heavy atom. The summed E-state index contributed by atoms with van der Waals surface area (Å²) in [7, 11) is 0. The molecule has 0 saturated heterocycles. The quantitative estimate of drug-likeness (QED) is 0.637. The minimum Gasteiger partial charge on any atom is -0.483 e. The normalized spacial score (nSPS) is 17.2. The number of aliphatic hydroxyl groups is 1. The number of hydrogen-bond donors (Lipinski definition) is 2. The van der Waals surface area contributed by atoms with Gasteiger partial charge in [-0.1, -0.05) is 25.3 Å². The van der Waals surface area contributed by atoms with E-state index in [0.717, 1.165) is 19.3 Å². The summed E-state index contributed by atoms with van der Waals surface area (Å²) >= 11 is 0. The molecule has 7 nitrogen and oxygen atoms in total. The maximum atomic E-state index is 11.2. The standard InChI is InChI=1S/C14H17NO6/c16-13(17)10-5-4-6-11(15(19)20)12(10)21-9-14(18)7-2-1-3-8-14/h4-6,18H,1-3,7-9H2,(H,16,17). The van der Waals surface area contributed by atoms with Crippen LogP contribution in [0.1, 0.15) is 42.5 Å². The average Bonchev–Trinajstić information content (AvgIpc) is 2.45. The second kappa shape index (κ2) is 6.09. The van der Waals surface area contributed by atoms with Crippen LogP contribution in [0.2, 0.25) is 0 Å². The van der Waals surface area contributed by atoms with Gasteiger partial charge >= 0.3 is 11.7 Å². The van der Waals surface area contributed by atoms with Crippen LogP contribution >= 0.6 is 0 Å². The summed E-state index contributed by atoms with van der Waals surface area (Å²) in [5.41, 5.74) is -1.73. The van der Waals surface area contributed by atoms with E-state index in [1.165, 1.54) is 18.2 Å². The Morgan fingerprint density at radius 2 is 2.00 bits per heavy atom. The van der Waals surface area contributed by atoms with E-state index >= 15 is 0 Å². The van der Waals surface area contributed by atoms with Crippen LogP contribution in [0.25, 0.3) is 0 Å². The van der Waals surface area contributed by atoms with Gasteiger partial charge in [-0.2, -0.15) is 0 Å². The Bertz CT molecular complexity index is 518. The molecule has 0 aromatic heterocycles. The molecule has 1 aromatic rings. The van der Waals surface area contributed by atoms with Gasteiger partial charge in [0, 0.05) is 6.07 Å². The number of para-hydroxylation sites is 1. The minimum atomic E-state index is -1.30. The topological polar surface area (TPSA) is 110 Å². The van der Waals surface area contributed by atoms with Crippen molar-refractivity contribution < 1.29 is 24.7 Å². The number of hydrogen-bond acceptors (Lipinski definition) is 5. The van der Waals surface area contributed by atoms with Crippen molar-refractivity contribution in [1.29, 1.82) is 0 Å². The van der Waals surface area contributed by atoms with Crippen LogP contribution in [0.3, 0.4) is 0 Å². The highest BCUT2D eigenvalue weighted by Gasteiger charge is 2.32. The molecule has 1 fully saturated rings. The smallest absolute Gasteiger partial charge is 0.339 e. The third kappa shape index (κ3) is 3.49. The van der Waals surface area contributed by atoms with Crippen molar-refractivity contribution in [3.63, 3.8) is 0 Å². The maximum Gasteiger partial charge on any atom is 0.339 e. The molecule has 0 spiro atoms. The molecule has 1 aliphatic carbocycles. The summed E-state index contributed by atoms with van der Waals surface area (Å²) in [6.07, 6.45) is 3.87. The third-order valence-electron chi connectivity index (χ3n) is 3.69. The summed E-state index contributed by atoms with van der Waals surface area (Å²) < 4.78 is 5.36. The fourth-order valence-corrected chi connectivity index (χ4v) is 2.55. The Labute approximate surface area is 121 Å². The van der Waals surface area contributed by atoms with Gasteiger partial charge in [-0.3, -0.25) is 10.1 Å². The predicted molar refractivity (Wildman–Crippen MR) is 73.6 cm³/mol. The van der Waals surface area contributed by atoms with Crippen LogP contribution in [0.4, 0.5) is 5.69 Å². The van der Waals surface area contributed by atoms with Gasteiger partial charge < -0.3 is 14.9 Å². The van der Waals surface area contributed by atoms with Crippen LogP contribution in [0, 0.1) is 10.1 Å². The second-order valence-electron chi connectivity index (χ2n) is 5.29. The van der Waals surface area contributed by atoms with Crippen molar-refractivity contribution in [2.75, 3.05) is 6.61 Å². The first-order valence-corrected chi connectivity index (χ1v) is 6.79. The molecule has 2 rings (SSSR count). The third-order valence-corrected chi connectivity index (χ3v) is 3.69. The van der Waals surface area contributed by atoms with Crippen LogP contribution in [0.5, 0.6) is 5.75 Å². The Balaban J connectivity index is 2.25. The Hall–Kier alpha value is -2.15. The SMILES string of the molecule is O=C(O)c1cccc([N+](=O)[O-])c1OCC1(O)CCCCC1. The minimum absolute atomic E-state index is 0.141. The van der Waals surface area contributed by atoms with Crippen molar-refractivity contribution in [3.8, 4) is 5.75 Å². The van der Waals surface area contributed by atoms with Crippen LogP contribution in [0.15, 0.2) is 18.2 Å². The first kappa shape index (κ1) is 15.2. The summed E-state index contributed by atoms with van der Waals surface area (Å²) in [4.78, 5) is 21.5. The molecule has 1 saturated carbocycles. The largest absolute Gasteiger partial charge is 0.483 e. The fourth-order valence-electron chi connectivity index (χ4n) is 2.55. The predicted octanol–water partition coefficient (Wildman–Crippen LogP) is 2.37. The van der Waals surface area contributed by atoms with Crippen molar-refractivity contribution in [1.82, 2.24) is 0 Å². The van der Waals surface area contributed by atoms with E-state index in [-0.39, 0.29) is 17.9 Å². The molecule has 1 aliphatic rings. The number of carboxylic acids is 1. The Kier molecular flexibility index (Phi) is 4.42. The Morgan fingerprint density at radius 1 is 1.33 bits per heavy atom. The molecule has 1 aromatic carbocycles. The van der Waals surface area contributed by atoms with Crippen LogP contribution in [-0.2, 0) is 0 Å². The highest BCUT2D eigenvalue weighted by atomic mass is 16.6. The molecular formula is C14H17NO6. The van der Waals surface area contributed by atoms with E-state index in [9.17, 15) is 20.0 Å². The molecule has 0 bridgehead atoms. The molecule has 0 amide bonds. The summed E-state index contributed by atoms with van der Waals surface area (Å²) in [5, 5.41) is 30.5. The van der Waals surface area contributed by atoms with Gasteiger partial charge in [-0.25, -0.2) is 4.79 Å². The first-order chi connectivity index (χ1) is 9.93. The number of carboxylic acid groups (broad SMARTS) is 1. The summed E-state index contributed by atoms with van der Waals surface area (Å²) in [6, 6.07) is 3.73. The summed E-state index contributed by atoms with van der Waals surface area (Å²) in [5.74, 6) is -1.60. The van der Waals surface area contributed by atoms with E-state index in [0.29, 0.717) is 12.8 Å². The zero-order valence-corrected chi connectivity index (χ0v) is 11.4. The monoisotopic (exact) mass is 295 g/mol. The number of ether oxygens (including phenoxy) is 1. The number of carbonyl (C=O) groups is 1. The average molecular weight is 295 g/mol. The number of nitro benzene ring substituents is 1. The van der Waals surface area contributed by atoms with Crippen molar-refractivity contribution >= 4 is 11.7 Å². The number of nitrogens with zero attached hydrogens (tertiary/aromatic N) is 1. The lowest BCUT2D eigenvalue weighted by Crippen LogP contribution is -2.38. The van der Waals surface area contributed by atoms with E-state index < -0.39 is 22.2 Å². The fraction of sp³-hybridized carbons (Fsp3) is 0.500. The number of rotatable bonds is 5. The molecule has 2 N–H and O–H groups in total. The van der Waals surface area contributed by atoms with E-state index in [1.807, 2.05) is 0 Å². The van der Waals surface area contributed by atoms with Crippen LogP contribution in [-0.4, -0.2) is 33.3 Å². The van der Waals surface area contributed by atoms with Gasteiger partial charge in [0.2, 0.25) is 5.75 Å². The summed E-state index contributed by atoms with van der Waals surface area (Å²) in [6.45, 7) is -0.141. The molecule has 7 heteroatoms. The number of aromatic carboxylic acids is 1. The molecule has 0 radical (unpaired) electrons. The molecule has 0 unspecified atom stereocenters. The van der Waals surface area contributed by atoms with Gasteiger partial charge in [0.25, 0.3) is 0 Å². The van der Waals surface area contributed by atoms with Gasteiger partial charge in [0.15, 0.2) is 0 Å². The maximum absolute atomic E-state index is 11.2. The lowest BCUT2D eigenvalue weighted by atomic mass is 9.85. The van der Waals surface area contributed by atoms with Crippen molar-refractivity contribution in [2.24, 2.45) is 0 Å². The lowest BCUT2D eigenvalue weighted by Gasteiger charge is -2.31. The highest BCUT2D eigenvalue weighted by Crippen LogP contribution is 2.34. The van der Waals surface area contributed by atoms with Gasteiger partial charge in [-0.15, -0.1) is 0 Å². The highest BCUT2D eigenvalue weighted by molar-refractivity contribution is 5.92. The second-order valence-corrected chi connectivity index (χ2v) is 5.29. The van der Waals surface area contributed by atoms with E-state index in [4.69, 9.17) is 9.84 Å². The van der Waals surface area contributed by atoms with Gasteiger partial charge in [0.05, 0.1) is 10.5 Å². The van der Waals surface area contributed by atoms with Crippen molar-refractivity contribution in [2.45, 2.75) is 37.7 Å². The molecule has 0 atom stereocenters. The molecule has 0 aliphatic heterocycles. The number of nitro groups is 1. The van der Waals surface area contributed by atoms with Gasteiger partial charge in [-0.05, 0) is 18.9 Å². The molecule has 114 valence electrons. The first-order valence-electron chi connectivity index (χ1n) is 6.79. The number of benzene rings is 1.